The lowest BCUT2D eigenvalue weighted by atomic mass is 10.2. The van der Waals surface area contributed by atoms with Crippen molar-refractivity contribution in [2.24, 2.45) is 0 Å². The molecule has 0 spiro atoms. The van der Waals surface area contributed by atoms with Crippen LogP contribution in [0.2, 0.25) is 0 Å². The van der Waals surface area contributed by atoms with E-state index in [0.29, 0.717) is 12.1 Å². The summed E-state index contributed by atoms with van der Waals surface area (Å²) in [6, 6.07) is 12.1. The monoisotopic (exact) mass is 367 g/mol. The quantitative estimate of drug-likeness (QED) is 0.603. The zero-order valence-electron chi connectivity index (χ0n) is 13.2. The molecule has 0 fully saturated rings. The van der Waals surface area contributed by atoms with Crippen molar-refractivity contribution < 1.29 is 17.6 Å². The SMILES string of the molecule is CS(=O)(=O)c1ccc(C(=O)NCCCSc2ccc(F)cc2)cc1. The first-order chi connectivity index (χ1) is 11.4. The summed E-state index contributed by atoms with van der Waals surface area (Å²) in [6.45, 7) is 0.515. The average molecular weight is 367 g/mol. The van der Waals surface area contributed by atoms with Crippen molar-refractivity contribution >= 4 is 27.5 Å². The van der Waals surface area contributed by atoms with E-state index in [1.54, 1.807) is 23.9 Å². The van der Waals surface area contributed by atoms with Crippen molar-refractivity contribution in [3.8, 4) is 0 Å². The summed E-state index contributed by atoms with van der Waals surface area (Å²) in [5.41, 5.74) is 0.425. The van der Waals surface area contributed by atoms with Crippen LogP contribution in [0.4, 0.5) is 4.39 Å². The van der Waals surface area contributed by atoms with Gasteiger partial charge < -0.3 is 5.32 Å². The molecule has 2 aromatic carbocycles. The smallest absolute Gasteiger partial charge is 0.251 e. The van der Waals surface area contributed by atoms with Gasteiger partial charge in [0.1, 0.15) is 5.82 Å². The summed E-state index contributed by atoms with van der Waals surface area (Å²) < 4.78 is 35.5. The highest BCUT2D eigenvalue weighted by Gasteiger charge is 2.09. The molecule has 0 aromatic heterocycles. The highest BCUT2D eigenvalue weighted by atomic mass is 32.2. The molecule has 7 heteroatoms. The number of sulfone groups is 1. The normalized spacial score (nSPS) is 11.2. The third-order valence-electron chi connectivity index (χ3n) is 3.23. The molecule has 0 aliphatic rings. The van der Waals surface area contributed by atoms with Gasteiger partial charge in [0, 0.05) is 23.3 Å². The second-order valence-electron chi connectivity index (χ2n) is 5.21. The Hall–Kier alpha value is -1.86. The number of rotatable bonds is 7. The van der Waals surface area contributed by atoms with Gasteiger partial charge in [0.2, 0.25) is 0 Å². The highest BCUT2D eigenvalue weighted by molar-refractivity contribution is 7.99. The fourth-order valence-corrected chi connectivity index (χ4v) is 3.43. The van der Waals surface area contributed by atoms with E-state index in [9.17, 15) is 17.6 Å². The van der Waals surface area contributed by atoms with Crippen molar-refractivity contribution in [3.05, 3.63) is 59.9 Å². The van der Waals surface area contributed by atoms with Crippen LogP contribution < -0.4 is 5.32 Å². The van der Waals surface area contributed by atoms with E-state index in [1.807, 2.05) is 0 Å². The minimum absolute atomic E-state index is 0.190. The van der Waals surface area contributed by atoms with Crippen molar-refractivity contribution in [1.82, 2.24) is 5.32 Å². The van der Waals surface area contributed by atoms with Gasteiger partial charge in [-0.2, -0.15) is 0 Å². The third-order valence-corrected chi connectivity index (χ3v) is 5.46. The number of halogens is 1. The van der Waals surface area contributed by atoms with E-state index in [1.165, 1.54) is 36.4 Å². The van der Waals surface area contributed by atoms with Crippen LogP contribution in [0, 0.1) is 5.82 Å². The third kappa shape index (κ3) is 5.65. The maximum atomic E-state index is 12.8. The molecule has 0 unspecified atom stereocenters. The maximum absolute atomic E-state index is 12.8. The van der Waals surface area contributed by atoms with Crippen LogP contribution in [0.15, 0.2) is 58.3 Å². The lowest BCUT2D eigenvalue weighted by Crippen LogP contribution is -2.24. The minimum Gasteiger partial charge on any atom is -0.352 e. The number of nitrogens with one attached hydrogen (secondary N) is 1. The van der Waals surface area contributed by atoms with E-state index in [2.05, 4.69) is 5.32 Å². The summed E-state index contributed by atoms with van der Waals surface area (Å²) in [7, 11) is -3.26. The van der Waals surface area contributed by atoms with Crippen molar-refractivity contribution in [1.29, 1.82) is 0 Å². The Balaban J connectivity index is 1.74. The largest absolute Gasteiger partial charge is 0.352 e. The molecule has 0 aliphatic heterocycles. The number of carbonyl (C=O) groups excluding carboxylic acids is 1. The Morgan fingerprint density at radius 2 is 1.71 bits per heavy atom. The molecular formula is C17H18FNO3S2. The molecule has 0 bridgehead atoms. The number of hydrogen-bond acceptors (Lipinski definition) is 4. The number of thioether (sulfide) groups is 1. The number of amides is 1. The van der Waals surface area contributed by atoms with Crippen LogP contribution in [0.1, 0.15) is 16.8 Å². The molecule has 128 valence electrons. The molecule has 0 heterocycles. The molecular weight excluding hydrogens is 349 g/mol. The predicted molar refractivity (Wildman–Crippen MR) is 93.6 cm³/mol. The topological polar surface area (TPSA) is 63.2 Å². The van der Waals surface area contributed by atoms with Crippen molar-refractivity contribution in [3.63, 3.8) is 0 Å². The lowest BCUT2D eigenvalue weighted by Gasteiger charge is -2.06. The van der Waals surface area contributed by atoms with Gasteiger partial charge in [-0.1, -0.05) is 0 Å². The van der Waals surface area contributed by atoms with Gasteiger partial charge in [-0.25, -0.2) is 12.8 Å². The highest BCUT2D eigenvalue weighted by Crippen LogP contribution is 2.18. The number of benzene rings is 2. The zero-order valence-corrected chi connectivity index (χ0v) is 14.8. The molecule has 1 N–H and O–H groups in total. The molecule has 0 saturated carbocycles. The Bertz CT molecular complexity index is 788. The summed E-state index contributed by atoms with van der Waals surface area (Å²) >= 11 is 1.60. The summed E-state index contributed by atoms with van der Waals surface area (Å²) in [5, 5.41) is 2.79. The number of carbonyl (C=O) groups is 1. The van der Waals surface area contributed by atoms with Crippen LogP contribution >= 0.6 is 11.8 Å². The number of hydrogen-bond donors (Lipinski definition) is 1. The van der Waals surface area contributed by atoms with E-state index in [0.717, 1.165) is 23.3 Å². The molecule has 0 atom stereocenters. The average Bonchev–Trinajstić information content (AvgIpc) is 2.55. The summed E-state index contributed by atoms with van der Waals surface area (Å²) in [6.07, 6.45) is 1.90. The summed E-state index contributed by atoms with van der Waals surface area (Å²) in [5.74, 6) is 0.314. The van der Waals surface area contributed by atoms with Crippen molar-refractivity contribution in [2.75, 3.05) is 18.6 Å². The first kappa shape index (κ1) is 18.5. The molecule has 0 aliphatic carbocycles. The minimum atomic E-state index is -3.26. The van der Waals surface area contributed by atoms with E-state index in [4.69, 9.17) is 0 Å². The van der Waals surface area contributed by atoms with Gasteiger partial charge in [-0.15, -0.1) is 11.8 Å². The lowest BCUT2D eigenvalue weighted by molar-refractivity contribution is 0.0953. The Morgan fingerprint density at radius 3 is 2.29 bits per heavy atom. The van der Waals surface area contributed by atoms with Crippen LogP contribution in [0.3, 0.4) is 0 Å². The van der Waals surface area contributed by atoms with Crippen LogP contribution in [0.5, 0.6) is 0 Å². The second-order valence-corrected chi connectivity index (χ2v) is 8.39. The van der Waals surface area contributed by atoms with Crippen LogP contribution in [-0.2, 0) is 9.84 Å². The Kier molecular flexibility index (Phi) is 6.39. The summed E-state index contributed by atoms with van der Waals surface area (Å²) in [4.78, 5) is 13.1. The molecule has 2 aromatic rings. The molecule has 0 saturated heterocycles. The predicted octanol–water partition coefficient (Wildman–Crippen LogP) is 3.14. The molecule has 0 radical (unpaired) electrons. The molecule has 4 nitrogen and oxygen atoms in total. The molecule has 1 amide bonds. The van der Waals surface area contributed by atoms with Gasteiger partial charge >= 0.3 is 0 Å². The van der Waals surface area contributed by atoms with Crippen LogP contribution in [0.25, 0.3) is 0 Å². The molecule has 24 heavy (non-hydrogen) atoms. The Morgan fingerprint density at radius 1 is 1.08 bits per heavy atom. The fraction of sp³-hybridized carbons (Fsp3) is 0.235. The fourth-order valence-electron chi connectivity index (χ4n) is 1.95. The molecule has 2 rings (SSSR count). The zero-order chi connectivity index (χ0) is 17.6. The van der Waals surface area contributed by atoms with Gasteiger partial charge in [0.25, 0.3) is 5.91 Å². The first-order valence-corrected chi connectivity index (χ1v) is 10.2. The van der Waals surface area contributed by atoms with Crippen molar-refractivity contribution in [2.45, 2.75) is 16.2 Å². The standard InChI is InChI=1S/C17H18FNO3S2/c1-24(21,22)16-9-3-13(4-10-16)17(20)19-11-2-12-23-15-7-5-14(18)6-8-15/h3-10H,2,11-12H2,1H3,(H,19,20). The second kappa shape index (κ2) is 8.30. The van der Waals surface area contributed by atoms with Gasteiger partial charge in [-0.05, 0) is 60.7 Å². The van der Waals surface area contributed by atoms with Crippen LogP contribution in [-0.4, -0.2) is 32.9 Å². The van der Waals surface area contributed by atoms with Gasteiger partial charge in [-0.3, -0.25) is 4.79 Å². The maximum Gasteiger partial charge on any atom is 0.251 e. The Labute approximate surface area is 145 Å². The first-order valence-electron chi connectivity index (χ1n) is 7.33. The van der Waals surface area contributed by atoms with E-state index < -0.39 is 9.84 Å². The van der Waals surface area contributed by atoms with Gasteiger partial charge in [0.05, 0.1) is 4.90 Å². The van der Waals surface area contributed by atoms with E-state index >= 15 is 0 Å². The van der Waals surface area contributed by atoms with Gasteiger partial charge in [0.15, 0.2) is 9.84 Å². The van der Waals surface area contributed by atoms with E-state index in [-0.39, 0.29) is 16.6 Å².